The first-order chi connectivity index (χ1) is 12.7. The molecule has 2 atom stereocenters. The summed E-state index contributed by atoms with van der Waals surface area (Å²) in [5, 5.41) is 0. The summed E-state index contributed by atoms with van der Waals surface area (Å²) in [4.78, 5) is 12.4. The van der Waals surface area contributed by atoms with E-state index in [-0.39, 0.29) is 12.2 Å². The molecule has 2 aromatic carbocycles. The minimum atomic E-state index is -0.432. The normalized spacial score (nSPS) is 20.8. The van der Waals surface area contributed by atoms with Crippen molar-refractivity contribution in [2.45, 2.75) is 44.8 Å². The van der Waals surface area contributed by atoms with Crippen LogP contribution in [0.2, 0.25) is 0 Å². The number of hydrogen-bond donors (Lipinski definition) is 0. The van der Waals surface area contributed by atoms with Crippen LogP contribution >= 0.6 is 0 Å². The SMILES string of the molecule is CCOc1cc2c(cc1OC(=O)c1ccccc1)O[C@H]1CCCC[C@@H]1O2. The predicted octanol–water partition coefficient (Wildman–Crippen LogP) is 4.39. The van der Waals surface area contributed by atoms with E-state index in [1.165, 1.54) is 0 Å². The molecule has 1 saturated carbocycles. The van der Waals surface area contributed by atoms with E-state index in [0.717, 1.165) is 25.7 Å². The Morgan fingerprint density at radius 3 is 2.23 bits per heavy atom. The molecule has 1 aliphatic carbocycles. The first-order valence-electron chi connectivity index (χ1n) is 9.16. The van der Waals surface area contributed by atoms with E-state index in [0.29, 0.717) is 35.2 Å². The third-order valence-electron chi connectivity index (χ3n) is 4.72. The lowest BCUT2D eigenvalue weighted by atomic mass is 9.93. The molecule has 0 aromatic heterocycles. The lowest BCUT2D eigenvalue weighted by Crippen LogP contribution is -2.41. The van der Waals surface area contributed by atoms with Gasteiger partial charge >= 0.3 is 5.97 Å². The molecule has 2 aliphatic rings. The van der Waals surface area contributed by atoms with Crippen LogP contribution < -0.4 is 18.9 Å². The summed E-state index contributed by atoms with van der Waals surface area (Å²) in [5.41, 5.74) is 0.484. The lowest BCUT2D eigenvalue weighted by molar-refractivity contribution is -0.00651. The van der Waals surface area contributed by atoms with Crippen molar-refractivity contribution in [3.05, 3.63) is 48.0 Å². The molecule has 0 spiro atoms. The van der Waals surface area contributed by atoms with E-state index in [9.17, 15) is 4.79 Å². The fourth-order valence-corrected chi connectivity index (χ4v) is 3.45. The summed E-state index contributed by atoms with van der Waals surface area (Å²) in [6, 6.07) is 12.3. The zero-order valence-corrected chi connectivity index (χ0v) is 14.8. The molecule has 5 nitrogen and oxygen atoms in total. The fraction of sp³-hybridized carbons (Fsp3) is 0.381. The summed E-state index contributed by atoms with van der Waals surface area (Å²) in [7, 11) is 0. The van der Waals surface area contributed by atoms with Crippen LogP contribution in [0.15, 0.2) is 42.5 Å². The standard InChI is InChI=1S/C21H22O5/c1-2-23-17-12-19-20(25-16-11-7-6-10-15(16)24-19)13-18(17)26-21(22)14-8-4-3-5-9-14/h3-5,8-9,12-13,15-16H,2,6-7,10-11H2,1H3/t15-,16-/m0/s1. The fourth-order valence-electron chi connectivity index (χ4n) is 3.45. The summed E-state index contributed by atoms with van der Waals surface area (Å²) in [6.45, 7) is 2.35. The van der Waals surface area contributed by atoms with E-state index >= 15 is 0 Å². The Balaban J connectivity index is 1.62. The largest absolute Gasteiger partial charge is 0.490 e. The summed E-state index contributed by atoms with van der Waals surface area (Å²) in [5.74, 6) is 1.65. The Kier molecular flexibility index (Phi) is 4.69. The molecule has 4 rings (SSSR count). The molecule has 1 heterocycles. The van der Waals surface area contributed by atoms with E-state index in [1.807, 2.05) is 13.0 Å². The van der Waals surface area contributed by atoms with Gasteiger partial charge < -0.3 is 18.9 Å². The molecular weight excluding hydrogens is 332 g/mol. The minimum Gasteiger partial charge on any atom is -0.490 e. The van der Waals surface area contributed by atoms with E-state index in [4.69, 9.17) is 18.9 Å². The Morgan fingerprint density at radius 2 is 1.62 bits per heavy atom. The number of carbonyl (C=O) groups excluding carboxylic acids is 1. The number of carbonyl (C=O) groups is 1. The van der Waals surface area contributed by atoms with Crippen molar-refractivity contribution in [2.24, 2.45) is 0 Å². The van der Waals surface area contributed by atoms with Gasteiger partial charge in [-0.3, -0.25) is 0 Å². The predicted molar refractivity (Wildman–Crippen MR) is 96.3 cm³/mol. The molecular formula is C21H22O5. The van der Waals surface area contributed by atoms with Gasteiger partial charge in [-0.15, -0.1) is 0 Å². The molecule has 2 aromatic rings. The molecule has 0 amide bonds. The van der Waals surface area contributed by atoms with Gasteiger partial charge in [0.05, 0.1) is 12.2 Å². The van der Waals surface area contributed by atoms with Crippen molar-refractivity contribution < 1.29 is 23.7 Å². The van der Waals surface area contributed by atoms with Crippen LogP contribution in [0, 0.1) is 0 Å². The second-order valence-electron chi connectivity index (χ2n) is 6.53. The van der Waals surface area contributed by atoms with Crippen molar-refractivity contribution in [1.82, 2.24) is 0 Å². The van der Waals surface area contributed by atoms with Crippen molar-refractivity contribution in [3.63, 3.8) is 0 Å². The molecule has 0 bridgehead atoms. The lowest BCUT2D eigenvalue weighted by Gasteiger charge is -2.37. The van der Waals surface area contributed by atoms with Crippen LogP contribution in [0.4, 0.5) is 0 Å². The molecule has 0 unspecified atom stereocenters. The van der Waals surface area contributed by atoms with Gasteiger partial charge in [-0.25, -0.2) is 4.79 Å². The van der Waals surface area contributed by atoms with Gasteiger partial charge in [-0.05, 0) is 44.7 Å². The first kappa shape index (κ1) is 16.8. The molecule has 136 valence electrons. The molecule has 0 N–H and O–H groups in total. The Labute approximate surface area is 152 Å². The average molecular weight is 354 g/mol. The van der Waals surface area contributed by atoms with Crippen molar-refractivity contribution in [3.8, 4) is 23.0 Å². The second-order valence-corrected chi connectivity index (χ2v) is 6.53. The van der Waals surface area contributed by atoms with Gasteiger partial charge in [-0.1, -0.05) is 18.2 Å². The monoisotopic (exact) mass is 354 g/mol. The van der Waals surface area contributed by atoms with E-state index in [2.05, 4.69) is 0 Å². The number of rotatable bonds is 4. The smallest absolute Gasteiger partial charge is 0.343 e. The molecule has 1 fully saturated rings. The average Bonchev–Trinajstić information content (AvgIpc) is 2.68. The highest BCUT2D eigenvalue weighted by Crippen LogP contribution is 2.45. The highest BCUT2D eigenvalue weighted by Gasteiger charge is 2.34. The second kappa shape index (κ2) is 7.28. The summed E-state index contributed by atoms with van der Waals surface area (Å²) < 4.78 is 23.5. The van der Waals surface area contributed by atoms with Crippen molar-refractivity contribution >= 4 is 5.97 Å². The van der Waals surface area contributed by atoms with Crippen LogP contribution in [-0.4, -0.2) is 24.8 Å². The molecule has 0 radical (unpaired) electrons. The highest BCUT2D eigenvalue weighted by molar-refractivity contribution is 5.91. The number of fused-ring (bicyclic) bond motifs is 2. The van der Waals surface area contributed by atoms with Crippen LogP contribution in [0.3, 0.4) is 0 Å². The van der Waals surface area contributed by atoms with Gasteiger partial charge in [0, 0.05) is 12.1 Å². The number of hydrogen-bond acceptors (Lipinski definition) is 5. The van der Waals surface area contributed by atoms with Gasteiger partial charge in [0.25, 0.3) is 0 Å². The maximum atomic E-state index is 12.4. The van der Waals surface area contributed by atoms with Crippen LogP contribution in [0.1, 0.15) is 43.0 Å². The Hall–Kier alpha value is -2.69. The van der Waals surface area contributed by atoms with Gasteiger partial charge in [0.1, 0.15) is 12.2 Å². The minimum absolute atomic E-state index is 0.0619. The highest BCUT2D eigenvalue weighted by atomic mass is 16.6. The number of esters is 1. The van der Waals surface area contributed by atoms with Gasteiger partial charge in [0.2, 0.25) is 0 Å². The molecule has 0 saturated heterocycles. The number of ether oxygens (including phenoxy) is 4. The van der Waals surface area contributed by atoms with Crippen molar-refractivity contribution in [2.75, 3.05) is 6.61 Å². The topological polar surface area (TPSA) is 54.0 Å². The number of benzene rings is 2. The summed E-state index contributed by atoms with van der Waals surface area (Å²) >= 11 is 0. The maximum Gasteiger partial charge on any atom is 0.343 e. The van der Waals surface area contributed by atoms with Crippen LogP contribution in [-0.2, 0) is 0 Å². The maximum absolute atomic E-state index is 12.4. The molecule has 26 heavy (non-hydrogen) atoms. The quantitative estimate of drug-likeness (QED) is 0.602. The van der Waals surface area contributed by atoms with Gasteiger partial charge in [0.15, 0.2) is 23.0 Å². The Morgan fingerprint density at radius 1 is 1.00 bits per heavy atom. The van der Waals surface area contributed by atoms with Crippen LogP contribution in [0.5, 0.6) is 23.0 Å². The van der Waals surface area contributed by atoms with Gasteiger partial charge in [-0.2, -0.15) is 0 Å². The zero-order chi connectivity index (χ0) is 17.9. The van der Waals surface area contributed by atoms with E-state index < -0.39 is 5.97 Å². The molecule has 5 heteroatoms. The van der Waals surface area contributed by atoms with E-state index in [1.54, 1.807) is 36.4 Å². The summed E-state index contributed by atoms with van der Waals surface area (Å²) in [6.07, 6.45) is 4.43. The third-order valence-corrected chi connectivity index (χ3v) is 4.72. The zero-order valence-electron chi connectivity index (χ0n) is 14.8. The Bertz CT molecular complexity index is 786. The molecule has 1 aliphatic heterocycles. The van der Waals surface area contributed by atoms with Crippen molar-refractivity contribution in [1.29, 1.82) is 0 Å². The van der Waals surface area contributed by atoms with Crippen LogP contribution in [0.25, 0.3) is 0 Å². The third kappa shape index (κ3) is 3.34. The first-order valence-corrected chi connectivity index (χ1v) is 9.16.